The quantitative estimate of drug-likeness (QED) is 0.261. The SMILES string of the molecule is COc1cccc(C(O)=C2C(=O)C(=O)N(c3nc4ccc(OC)cc4s3)C2c2ccncc2)c1. The number of amides is 1. The normalized spacial score (nSPS) is 17.4. The lowest BCUT2D eigenvalue weighted by Crippen LogP contribution is -2.29. The van der Waals surface area contributed by atoms with Crippen LogP contribution in [0.2, 0.25) is 0 Å². The molecule has 0 saturated carbocycles. The summed E-state index contributed by atoms with van der Waals surface area (Å²) < 4.78 is 11.3. The second kappa shape index (κ2) is 8.60. The van der Waals surface area contributed by atoms with Crippen LogP contribution in [0.1, 0.15) is 17.2 Å². The van der Waals surface area contributed by atoms with Gasteiger partial charge in [0.2, 0.25) is 0 Å². The van der Waals surface area contributed by atoms with Gasteiger partial charge in [-0.3, -0.25) is 19.5 Å². The highest BCUT2D eigenvalue weighted by atomic mass is 32.1. The summed E-state index contributed by atoms with van der Waals surface area (Å²) in [5.41, 5.74) is 1.63. The minimum atomic E-state index is -0.878. The van der Waals surface area contributed by atoms with Crippen LogP contribution in [0, 0.1) is 0 Å². The molecule has 34 heavy (non-hydrogen) atoms. The van der Waals surface area contributed by atoms with Crippen molar-refractivity contribution in [3.8, 4) is 11.5 Å². The molecule has 0 bridgehead atoms. The molecule has 0 spiro atoms. The van der Waals surface area contributed by atoms with Crippen LogP contribution in [-0.2, 0) is 9.59 Å². The monoisotopic (exact) mass is 473 g/mol. The maximum Gasteiger partial charge on any atom is 0.301 e. The van der Waals surface area contributed by atoms with Gasteiger partial charge in [-0.2, -0.15) is 0 Å². The summed E-state index contributed by atoms with van der Waals surface area (Å²) in [6.07, 6.45) is 3.15. The number of methoxy groups -OCH3 is 2. The molecule has 1 unspecified atom stereocenters. The zero-order valence-electron chi connectivity index (χ0n) is 18.3. The standard InChI is InChI=1S/C25H19N3O5S/c1-32-16-5-3-4-15(12-16)22(29)20-21(14-8-10-26-11-9-14)28(24(31)23(20)30)25-27-18-7-6-17(33-2)13-19(18)34-25/h3-13,21,29H,1-2H3. The van der Waals surface area contributed by atoms with Crippen LogP contribution in [0.15, 0.2) is 72.6 Å². The second-order valence-electron chi connectivity index (χ2n) is 7.51. The van der Waals surface area contributed by atoms with E-state index < -0.39 is 17.7 Å². The highest BCUT2D eigenvalue weighted by molar-refractivity contribution is 7.22. The minimum absolute atomic E-state index is 0.0266. The molecular formula is C25H19N3O5S. The number of carbonyl (C=O) groups excluding carboxylic acids is 2. The number of hydrogen-bond donors (Lipinski definition) is 1. The number of Topliss-reactive ketones (excluding diaryl/α,β-unsaturated/α-hetero) is 1. The number of ether oxygens (including phenoxy) is 2. The van der Waals surface area contributed by atoms with Crippen molar-refractivity contribution in [2.75, 3.05) is 19.1 Å². The van der Waals surface area contributed by atoms with Crippen molar-refractivity contribution >= 4 is 44.1 Å². The molecule has 1 N–H and O–H groups in total. The average Bonchev–Trinajstić information content (AvgIpc) is 3.41. The molecule has 4 aromatic rings. The van der Waals surface area contributed by atoms with Gasteiger partial charge in [-0.1, -0.05) is 23.5 Å². The Labute approximate surface area is 198 Å². The molecule has 9 heteroatoms. The van der Waals surface area contributed by atoms with Gasteiger partial charge in [-0.05, 0) is 48.0 Å². The van der Waals surface area contributed by atoms with Crippen LogP contribution >= 0.6 is 11.3 Å². The molecule has 1 saturated heterocycles. The largest absolute Gasteiger partial charge is 0.507 e. The summed E-state index contributed by atoms with van der Waals surface area (Å²) >= 11 is 1.27. The number of benzene rings is 2. The van der Waals surface area contributed by atoms with Gasteiger partial charge in [0.15, 0.2) is 5.13 Å². The van der Waals surface area contributed by atoms with Crippen LogP contribution in [-0.4, -0.2) is 41.0 Å². The molecule has 1 fully saturated rings. The number of aromatic nitrogens is 2. The van der Waals surface area contributed by atoms with E-state index in [1.54, 1.807) is 68.0 Å². The summed E-state index contributed by atoms with van der Waals surface area (Å²) in [4.78, 5) is 36.5. The molecule has 170 valence electrons. The minimum Gasteiger partial charge on any atom is -0.507 e. The number of ketones is 1. The van der Waals surface area contributed by atoms with Gasteiger partial charge in [-0.25, -0.2) is 4.98 Å². The van der Waals surface area contributed by atoms with Crippen molar-refractivity contribution in [1.82, 2.24) is 9.97 Å². The number of anilines is 1. The summed E-state index contributed by atoms with van der Waals surface area (Å²) in [5, 5.41) is 11.6. The lowest BCUT2D eigenvalue weighted by atomic mass is 9.96. The van der Waals surface area contributed by atoms with Crippen molar-refractivity contribution in [1.29, 1.82) is 0 Å². The third-order valence-corrected chi connectivity index (χ3v) is 6.62. The van der Waals surface area contributed by atoms with Gasteiger partial charge < -0.3 is 14.6 Å². The van der Waals surface area contributed by atoms with E-state index in [0.29, 0.717) is 33.3 Å². The number of aliphatic hydroxyl groups is 1. The molecule has 1 amide bonds. The summed E-state index contributed by atoms with van der Waals surface area (Å²) in [6, 6.07) is 14.6. The molecule has 3 heterocycles. The zero-order valence-corrected chi connectivity index (χ0v) is 19.1. The first-order chi connectivity index (χ1) is 16.5. The van der Waals surface area contributed by atoms with Gasteiger partial charge in [0.25, 0.3) is 5.78 Å². The average molecular weight is 474 g/mol. The lowest BCUT2D eigenvalue weighted by molar-refractivity contribution is -0.132. The maximum absolute atomic E-state index is 13.3. The third-order valence-electron chi connectivity index (χ3n) is 5.60. The van der Waals surface area contributed by atoms with E-state index in [2.05, 4.69) is 9.97 Å². The topological polar surface area (TPSA) is 102 Å². The smallest absolute Gasteiger partial charge is 0.301 e. The molecule has 0 aliphatic carbocycles. The molecule has 2 aromatic carbocycles. The number of fused-ring (bicyclic) bond motifs is 1. The highest BCUT2D eigenvalue weighted by Crippen LogP contribution is 2.44. The van der Waals surface area contributed by atoms with Gasteiger partial charge in [0.1, 0.15) is 17.3 Å². The Balaban J connectivity index is 1.71. The number of aliphatic hydroxyl groups excluding tert-OH is 1. The van der Waals surface area contributed by atoms with Gasteiger partial charge in [0.05, 0.1) is 36.1 Å². The van der Waals surface area contributed by atoms with E-state index in [4.69, 9.17) is 9.47 Å². The molecule has 1 aliphatic heterocycles. The van der Waals surface area contributed by atoms with E-state index in [1.165, 1.54) is 23.3 Å². The van der Waals surface area contributed by atoms with Crippen molar-refractivity contribution < 1.29 is 24.2 Å². The predicted octanol–water partition coefficient (Wildman–Crippen LogP) is 4.33. The Morgan fingerprint density at radius 2 is 1.74 bits per heavy atom. The fourth-order valence-corrected chi connectivity index (χ4v) is 4.96. The van der Waals surface area contributed by atoms with Crippen molar-refractivity contribution in [3.63, 3.8) is 0 Å². The Morgan fingerprint density at radius 3 is 2.47 bits per heavy atom. The lowest BCUT2D eigenvalue weighted by Gasteiger charge is -2.22. The summed E-state index contributed by atoms with van der Waals surface area (Å²) in [6.45, 7) is 0. The number of hydrogen-bond acceptors (Lipinski definition) is 8. The molecule has 8 nitrogen and oxygen atoms in total. The van der Waals surface area contributed by atoms with E-state index >= 15 is 0 Å². The van der Waals surface area contributed by atoms with E-state index in [9.17, 15) is 14.7 Å². The van der Waals surface area contributed by atoms with Crippen molar-refractivity contribution in [2.45, 2.75) is 6.04 Å². The Kier molecular flexibility index (Phi) is 5.46. The number of rotatable bonds is 5. The number of carbonyl (C=O) groups is 2. The van der Waals surface area contributed by atoms with E-state index in [0.717, 1.165) is 4.70 Å². The van der Waals surface area contributed by atoms with Crippen LogP contribution in [0.25, 0.3) is 16.0 Å². The fraction of sp³-hybridized carbons (Fsp3) is 0.120. The molecule has 1 atom stereocenters. The molecular weight excluding hydrogens is 454 g/mol. The Morgan fingerprint density at radius 1 is 1.00 bits per heavy atom. The van der Waals surface area contributed by atoms with Gasteiger partial charge >= 0.3 is 5.91 Å². The fourth-order valence-electron chi connectivity index (χ4n) is 3.94. The first kappa shape index (κ1) is 21.6. The highest BCUT2D eigenvalue weighted by Gasteiger charge is 2.48. The first-order valence-electron chi connectivity index (χ1n) is 10.3. The number of thiazole rings is 1. The zero-order chi connectivity index (χ0) is 23.8. The molecule has 0 radical (unpaired) electrons. The van der Waals surface area contributed by atoms with Crippen LogP contribution < -0.4 is 14.4 Å². The van der Waals surface area contributed by atoms with Gasteiger partial charge in [0, 0.05) is 18.0 Å². The third kappa shape index (κ3) is 3.56. The molecule has 2 aromatic heterocycles. The van der Waals surface area contributed by atoms with Crippen molar-refractivity contribution in [2.24, 2.45) is 0 Å². The van der Waals surface area contributed by atoms with E-state index in [1.807, 2.05) is 6.07 Å². The molecule has 1 aliphatic rings. The number of nitrogens with zero attached hydrogens (tertiary/aromatic N) is 3. The predicted molar refractivity (Wildman–Crippen MR) is 128 cm³/mol. The second-order valence-corrected chi connectivity index (χ2v) is 8.52. The first-order valence-corrected chi connectivity index (χ1v) is 11.1. The van der Waals surface area contributed by atoms with Gasteiger partial charge in [-0.15, -0.1) is 0 Å². The van der Waals surface area contributed by atoms with Crippen LogP contribution in [0.4, 0.5) is 5.13 Å². The maximum atomic E-state index is 13.3. The number of pyridine rings is 1. The molecule has 5 rings (SSSR count). The Hall–Kier alpha value is -4.24. The van der Waals surface area contributed by atoms with Crippen molar-refractivity contribution in [3.05, 3.63) is 83.7 Å². The summed E-state index contributed by atoms with van der Waals surface area (Å²) in [5.74, 6) is -0.673. The summed E-state index contributed by atoms with van der Waals surface area (Å²) in [7, 11) is 3.08. The van der Waals surface area contributed by atoms with E-state index in [-0.39, 0.29) is 11.3 Å². The Bertz CT molecular complexity index is 1450. The van der Waals surface area contributed by atoms with Crippen LogP contribution in [0.5, 0.6) is 11.5 Å². The van der Waals surface area contributed by atoms with Crippen LogP contribution in [0.3, 0.4) is 0 Å².